The van der Waals surface area contributed by atoms with Crippen molar-refractivity contribution in [1.82, 2.24) is 0 Å². The topological polar surface area (TPSA) is 88.1 Å². The normalized spacial score (nSPS) is 44.3. The Bertz CT molecular complexity index is 1300. The van der Waals surface area contributed by atoms with Crippen molar-refractivity contribution in [3.8, 4) is 0 Å². The van der Waals surface area contributed by atoms with E-state index in [1.54, 1.807) is 13.8 Å². The van der Waals surface area contributed by atoms with Gasteiger partial charge in [-0.1, -0.05) is 66.5 Å². The second-order valence-electron chi connectivity index (χ2n) is 18.5. The van der Waals surface area contributed by atoms with Gasteiger partial charge in [0.1, 0.15) is 12.2 Å². The first-order valence-electron chi connectivity index (χ1n) is 19.5. The standard InChI is InChI=1S/C41H64O7/c1-25-17-22-41(35(43)46-28(4)47-36(44)48-29-13-11-10-12-14-29)24-23-39(8)30(34(41)26(25)2)15-16-32-38(7)20-19-33(45-27(3)42)37(5,6)31(38)18-21-40(32,39)9/h15,25-26,28-29,31-34H,10-14,16-24H2,1-9H3/t25-,26+,28?,31+,32-,33+,34+,38+,39-,40-,41+/m1/s1. The van der Waals surface area contributed by atoms with Crippen molar-refractivity contribution in [2.45, 2.75) is 171 Å². The number of hydrogen-bond donors (Lipinski definition) is 0. The molecule has 6 aliphatic rings. The first-order chi connectivity index (χ1) is 22.5. The Morgan fingerprint density at radius 2 is 1.50 bits per heavy atom. The molecule has 7 heteroatoms. The van der Waals surface area contributed by atoms with Gasteiger partial charge in [-0.25, -0.2) is 4.79 Å². The summed E-state index contributed by atoms with van der Waals surface area (Å²) in [4.78, 5) is 39.1. The molecule has 0 bridgehead atoms. The summed E-state index contributed by atoms with van der Waals surface area (Å²) in [5.74, 6) is 1.58. The molecule has 5 fully saturated rings. The average Bonchev–Trinajstić information content (AvgIpc) is 3.01. The van der Waals surface area contributed by atoms with E-state index in [0.717, 1.165) is 83.5 Å². The molecule has 5 saturated carbocycles. The molecule has 11 atom stereocenters. The van der Waals surface area contributed by atoms with Crippen LogP contribution in [-0.2, 0) is 28.5 Å². The lowest BCUT2D eigenvalue weighted by molar-refractivity contribution is -0.217. The van der Waals surface area contributed by atoms with E-state index in [4.69, 9.17) is 18.9 Å². The monoisotopic (exact) mass is 668 g/mol. The van der Waals surface area contributed by atoms with Crippen molar-refractivity contribution in [3.05, 3.63) is 11.6 Å². The Balaban J connectivity index is 1.26. The fourth-order valence-electron chi connectivity index (χ4n) is 13.0. The number of carbonyl (C=O) groups is 3. The molecule has 6 rings (SSSR count). The third-order valence-electron chi connectivity index (χ3n) is 16.0. The summed E-state index contributed by atoms with van der Waals surface area (Å²) in [6.45, 7) is 20.2. The van der Waals surface area contributed by atoms with Crippen LogP contribution in [0.2, 0.25) is 0 Å². The minimum absolute atomic E-state index is 0.0214. The van der Waals surface area contributed by atoms with Crippen LogP contribution in [0.25, 0.3) is 0 Å². The fourth-order valence-corrected chi connectivity index (χ4v) is 13.0. The first kappa shape index (κ1) is 35.8. The number of ether oxygens (including phenoxy) is 4. The van der Waals surface area contributed by atoms with E-state index < -0.39 is 17.9 Å². The van der Waals surface area contributed by atoms with Gasteiger partial charge in [-0.2, -0.15) is 0 Å². The molecule has 6 aliphatic carbocycles. The van der Waals surface area contributed by atoms with E-state index in [-0.39, 0.29) is 51.7 Å². The van der Waals surface area contributed by atoms with Crippen LogP contribution in [0.3, 0.4) is 0 Å². The van der Waals surface area contributed by atoms with Gasteiger partial charge in [-0.05, 0) is 129 Å². The Kier molecular flexibility index (Phi) is 9.40. The van der Waals surface area contributed by atoms with Gasteiger partial charge >= 0.3 is 18.1 Å². The Labute approximate surface area is 290 Å². The number of allylic oxidation sites excluding steroid dienone is 2. The van der Waals surface area contributed by atoms with Crippen LogP contribution in [0.1, 0.15) is 152 Å². The number of rotatable bonds is 5. The molecule has 0 saturated heterocycles. The molecule has 0 amide bonds. The lowest BCUT2D eigenvalue weighted by Crippen LogP contribution is -2.65. The summed E-state index contributed by atoms with van der Waals surface area (Å²) in [5, 5.41) is 0. The molecule has 0 aromatic rings. The molecule has 0 radical (unpaired) electrons. The molecule has 48 heavy (non-hydrogen) atoms. The quantitative estimate of drug-likeness (QED) is 0.125. The molecular weight excluding hydrogens is 604 g/mol. The van der Waals surface area contributed by atoms with Gasteiger partial charge in [-0.15, -0.1) is 0 Å². The maximum absolute atomic E-state index is 14.4. The van der Waals surface area contributed by atoms with Crippen LogP contribution >= 0.6 is 0 Å². The molecule has 0 N–H and O–H groups in total. The molecule has 7 nitrogen and oxygen atoms in total. The van der Waals surface area contributed by atoms with Crippen molar-refractivity contribution in [2.75, 3.05) is 0 Å². The average molecular weight is 669 g/mol. The largest absolute Gasteiger partial charge is 0.511 e. The van der Waals surface area contributed by atoms with Gasteiger partial charge in [0, 0.05) is 19.3 Å². The van der Waals surface area contributed by atoms with Crippen LogP contribution in [0, 0.1) is 56.7 Å². The second kappa shape index (κ2) is 12.6. The summed E-state index contributed by atoms with van der Waals surface area (Å²) in [6.07, 6.45) is 14.6. The number of esters is 2. The highest BCUT2D eigenvalue weighted by molar-refractivity contribution is 5.79. The minimum Gasteiger partial charge on any atom is -0.462 e. The first-order valence-corrected chi connectivity index (χ1v) is 19.5. The van der Waals surface area contributed by atoms with Crippen molar-refractivity contribution in [1.29, 1.82) is 0 Å². The zero-order valence-electron chi connectivity index (χ0n) is 31.5. The predicted molar refractivity (Wildman–Crippen MR) is 185 cm³/mol. The smallest absolute Gasteiger partial charge is 0.462 e. The second-order valence-corrected chi connectivity index (χ2v) is 18.5. The SMILES string of the molecule is CC(=O)O[C@H]1CC[C@]2(C)[C@H]3CC=C4[C@@H]5[C@@H](C)[C@H](C)CC[C@]5(C(=O)OC(C)OC(=O)OC5CCCCC5)CC[C@@]4(C)[C@]3(C)CC[C@H]2C1(C)C. The number of fused-ring (bicyclic) bond motifs is 7. The van der Waals surface area contributed by atoms with E-state index in [0.29, 0.717) is 23.7 Å². The minimum atomic E-state index is -0.991. The van der Waals surface area contributed by atoms with Gasteiger partial charge < -0.3 is 18.9 Å². The fraction of sp³-hybridized carbons (Fsp3) is 0.878. The number of hydrogen-bond acceptors (Lipinski definition) is 7. The molecule has 0 spiro atoms. The van der Waals surface area contributed by atoms with Gasteiger partial charge in [0.05, 0.1) is 5.41 Å². The zero-order valence-corrected chi connectivity index (χ0v) is 31.5. The van der Waals surface area contributed by atoms with Gasteiger partial charge in [0.25, 0.3) is 0 Å². The van der Waals surface area contributed by atoms with E-state index in [2.05, 4.69) is 54.5 Å². The van der Waals surface area contributed by atoms with E-state index >= 15 is 0 Å². The maximum atomic E-state index is 14.4. The van der Waals surface area contributed by atoms with Crippen molar-refractivity contribution in [2.24, 2.45) is 56.7 Å². The van der Waals surface area contributed by atoms with Crippen LogP contribution in [0.4, 0.5) is 4.79 Å². The maximum Gasteiger partial charge on any atom is 0.511 e. The Hall–Kier alpha value is -2.05. The Morgan fingerprint density at radius 1 is 0.792 bits per heavy atom. The highest BCUT2D eigenvalue weighted by atomic mass is 16.8. The summed E-state index contributed by atoms with van der Waals surface area (Å²) >= 11 is 0. The number of carbonyl (C=O) groups excluding carboxylic acids is 3. The van der Waals surface area contributed by atoms with Gasteiger partial charge in [0.15, 0.2) is 0 Å². The summed E-state index contributed by atoms with van der Waals surface area (Å²) in [5.41, 5.74) is 1.02. The molecular formula is C41H64O7. The molecule has 0 heterocycles. The lowest BCUT2D eigenvalue weighted by atomic mass is 9.33. The lowest BCUT2D eigenvalue weighted by Gasteiger charge is -2.71. The third-order valence-corrected chi connectivity index (χ3v) is 16.0. The summed E-state index contributed by atoms with van der Waals surface area (Å²) in [7, 11) is 0. The summed E-state index contributed by atoms with van der Waals surface area (Å²) in [6, 6.07) is 0. The van der Waals surface area contributed by atoms with E-state index in [1.165, 1.54) is 12.0 Å². The predicted octanol–water partition coefficient (Wildman–Crippen LogP) is 9.95. The van der Waals surface area contributed by atoms with Gasteiger partial charge in [0.2, 0.25) is 6.29 Å². The molecule has 0 aromatic heterocycles. The highest BCUT2D eigenvalue weighted by Gasteiger charge is 2.70. The molecule has 0 aromatic carbocycles. The van der Waals surface area contributed by atoms with Crippen LogP contribution < -0.4 is 0 Å². The van der Waals surface area contributed by atoms with Gasteiger partial charge in [-0.3, -0.25) is 9.59 Å². The third kappa shape index (κ3) is 5.54. The van der Waals surface area contributed by atoms with Crippen molar-refractivity contribution >= 4 is 18.1 Å². The van der Waals surface area contributed by atoms with Crippen molar-refractivity contribution in [3.63, 3.8) is 0 Å². The molecule has 0 aliphatic heterocycles. The van der Waals surface area contributed by atoms with Crippen LogP contribution in [0.5, 0.6) is 0 Å². The molecule has 1 unspecified atom stereocenters. The van der Waals surface area contributed by atoms with Crippen LogP contribution in [-0.4, -0.2) is 36.6 Å². The van der Waals surface area contributed by atoms with E-state index in [1.807, 2.05) is 0 Å². The van der Waals surface area contributed by atoms with Crippen LogP contribution in [0.15, 0.2) is 11.6 Å². The summed E-state index contributed by atoms with van der Waals surface area (Å²) < 4.78 is 23.1. The Morgan fingerprint density at radius 3 is 2.19 bits per heavy atom. The zero-order chi connectivity index (χ0) is 34.9. The highest BCUT2D eigenvalue weighted by Crippen LogP contribution is 2.76. The molecule has 270 valence electrons. The van der Waals surface area contributed by atoms with Crippen molar-refractivity contribution < 1.29 is 33.3 Å². The van der Waals surface area contributed by atoms with E-state index in [9.17, 15) is 14.4 Å².